The maximum Gasteiger partial charge on any atom is 0.282 e. The quantitative estimate of drug-likeness (QED) is 0.174. The summed E-state index contributed by atoms with van der Waals surface area (Å²) in [5.74, 6) is 2.28. The topological polar surface area (TPSA) is 65.7 Å². The van der Waals surface area contributed by atoms with Crippen LogP contribution in [0.4, 0.5) is 0 Å². The molecule has 6 aromatic rings. The Morgan fingerprint density at radius 3 is 2.37 bits per heavy atom. The van der Waals surface area contributed by atoms with E-state index in [1.54, 1.807) is 19.4 Å². The van der Waals surface area contributed by atoms with Crippen LogP contribution in [-0.2, 0) is 6.61 Å². The van der Waals surface area contributed by atoms with Crippen LogP contribution < -0.4 is 15.0 Å². The molecule has 0 bridgehead atoms. The lowest BCUT2D eigenvalue weighted by Crippen LogP contribution is -2.20. The second-order valence-corrected chi connectivity index (χ2v) is 10.9. The van der Waals surface area contributed by atoms with Crippen LogP contribution in [0, 0.1) is 6.92 Å². The van der Waals surface area contributed by atoms with E-state index in [0.717, 1.165) is 39.3 Å². The van der Waals surface area contributed by atoms with Gasteiger partial charge >= 0.3 is 0 Å². The van der Waals surface area contributed by atoms with Crippen molar-refractivity contribution in [1.82, 2.24) is 9.66 Å². The van der Waals surface area contributed by atoms with Crippen LogP contribution in [0.5, 0.6) is 11.5 Å². The lowest BCUT2D eigenvalue weighted by atomic mass is 9.96. The Kier molecular flexibility index (Phi) is 7.75. The van der Waals surface area contributed by atoms with E-state index in [0.29, 0.717) is 23.3 Å². The minimum Gasteiger partial charge on any atom is -0.496 e. The molecule has 43 heavy (non-hydrogen) atoms. The van der Waals surface area contributed by atoms with E-state index in [9.17, 15) is 4.79 Å². The number of nitrogens with zero attached hydrogens (tertiary/aromatic N) is 3. The predicted molar refractivity (Wildman–Crippen MR) is 175 cm³/mol. The lowest BCUT2D eigenvalue weighted by Gasteiger charge is -2.17. The Morgan fingerprint density at radius 2 is 1.60 bits per heavy atom. The normalized spacial score (nSPS) is 11.6. The van der Waals surface area contributed by atoms with E-state index < -0.39 is 0 Å². The summed E-state index contributed by atoms with van der Waals surface area (Å²) in [5.41, 5.74) is 5.18. The zero-order valence-corrected chi connectivity index (χ0v) is 24.7. The fourth-order valence-corrected chi connectivity index (χ4v) is 5.33. The highest BCUT2D eigenvalue weighted by Gasteiger charge is 2.18. The first-order valence-corrected chi connectivity index (χ1v) is 14.4. The Balaban J connectivity index is 1.33. The van der Waals surface area contributed by atoms with Gasteiger partial charge in [-0.25, -0.2) is 4.98 Å². The van der Waals surface area contributed by atoms with Gasteiger partial charge in [0.15, 0.2) is 5.82 Å². The van der Waals surface area contributed by atoms with Crippen molar-refractivity contribution >= 4 is 27.9 Å². The highest BCUT2D eigenvalue weighted by molar-refractivity contribution is 5.86. The van der Waals surface area contributed by atoms with Crippen LogP contribution in [0.15, 0.2) is 113 Å². The molecule has 1 aromatic heterocycles. The molecule has 0 aliphatic heterocycles. The molecule has 0 saturated heterocycles. The average Bonchev–Trinajstić information content (AvgIpc) is 3.03. The van der Waals surface area contributed by atoms with Crippen molar-refractivity contribution < 1.29 is 9.47 Å². The zero-order chi connectivity index (χ0) is 29.9. The van der Waals surface area contributed by atoms with Crippen LogP contribution in [0.2, 0.25) is 0 Å². The highest BCUT2D eigenvalue weighted by atomic mass is 16.5. The lowest BCUT2D eigenvalue weighted by molar-refractivity contribution is 0.307. The largest absolute Gasteiger partial charge is 0.496 e. The van der Waals surface area contributed by atoms with Crippen LogP contribution in [-0.4, -0.2) is 23.0 Å². The number of rotatable bonds is 8. The molecule has 6 nitrogen and oxygen atoms in total. The standard InChI is InChI=1S/C37H33N3O3/c1-24(2)32-21-33(25(3)20-35(32)42-4)36-39-34-15-8-7-14-31(34)37(41)40(36)38-22-26-16-18-29(19-17-26)43-23-28-12-9-11-27-10-5-6-13-30(27)28/h5-22,24H,23H2,1-4H3. The first-order chi connectivity index (χ1) is 20.9. The number of methoxy groups -OCH3 is 1. The number of para-hydroxylation sites is 1. The summed E-state index contributed by atoms with van der Waals surface area (Å²) >= 11 is 0. The summed E-state index contributed by atoms with van der Waals surface area (Å²) in [6.45, 7) is 6.70. The molecule has 6 rings (SSSR count). The summed E-state index contributed by atoms with van der Waals surface area (Å²) in [5, 5.41) is 7.55. The van der Waals surface area contributed by atoms with Crippen molar-refractivity contribution in [2.24, 2.45) is 5.10 Å². The maximum absolute atomic E-state index is 13.7. The fraction of sp³-hybridized carbons (Fsp3) is 0.162. The van der Waals surface area contributed by atoms with Crippen LogP contribution in [0.25, 0.3) is 33.1 Å². The molecule has 214 valence electrons. The third kappa shape index (κ3) is 5.64. The molecule has 0 saturated carbocycles. The number of benzene rings is 5. The van der Waals surface area contributed by atoms with Gasteiger partial charge in [-0.2, -0.15) is 9.78 Å². The molecule has 0 atom stereocenters. The summed E-state index contributed by atoms with van der Waals surface area (Å²) in [7, 11) is 1.68. The average molecular weight is 568 g/mol. The molecule has 0 radical (unpaired) electrons. The summed E-state index contributed by atoms with van der Waals surface area (Å²) < 4.78 is 13.1. The number of hydrogen-bond donors (Lipinski definition) is 0. The van der Waals surface area contributed by atoms with Crippen molar-refractivity contribution in [3.05, 3.63) is 136 Å². The molecule has 0 fully saturated rings. The van der Waals surface area contributed by atoms with Gasteiger partial charge < -0.3 is 9.47 Å². The molecule has 0 N–H and O–H groups in total. The maximum atomic E-state index is 13.7. The molecule has 0 aliphatic carbocycles. The van der Waals surface area contributed by atoms with Gasteiger partial charge in [0.2, 0.25) is 0 Å². The Labute approximate surface area is 250 Å². The first kappa shape index (κ1) is 27.9. The number of ether oxygens (including phenoxy) is 2. The van der Waals surface area contributed by atoms with Gasteiger partial charge in [0, 0.05) is 5.56 Å². The number of fused-ring (bicyclic) bond motifs is 2. The molecule has 5 aromatic carbocycles. The smallest absolute Gasteiger partial charge is 0.282 e. The monoisotopic (exact) mass is 567 g/mol. The molecule has 6 heteroatoms. The van der Waals surface area contributed by atoms with Gasteiger partial charge in [0.1, 0.15) is 18.1 Å². The minimum absolute atomic E-state index is 0.222. The minimum atomic E-state index is -0.229. The summed E-state index contributed by atoms with van der Waals surface area (Å²) in [6, 6.07) is 33.6. The molecule has 0 amide bonds. The number of hydrogen-bond acceptors (Lipinski definition) is 5. The number of aryl methyl sites for hydroxylation is 1. The van der Waals surface area contributed by atoms with Gasteiger partial charge in [0.25, 0.3) is 5.56 Å². The predicted octanol–water partition coefficient (Wildman–Crippen LogP) is 8.12. The third-order valence-electron chi connectivity index (χ3n) is 7.67. The van der Waals surface area contributed by atoms with E-state index >= 15 is 0 Å². The molecule has 0 aliphatic rings. The fourth-order valence-electron chi connectivity index (χ4n) is 5.33. The van der Waals surface area contributed by atoms with Gasteiger partial charge in [-0.1, -0.05) is 68.4 Å². The van der Waals surface area contributed by atoms with E-state index in [1.807, 2.05) is 67.6 Å². The van der Waals surface area contributed by atoms with Crippen molar-refractivity contribution in [3.63, 3.8) is 0 Å². The highest BCUT2D eigenvalue weighted by Crippen LogP contribution is 2.34. The van der Waals surface area contributed by atoms with Gasteiger partial charge in [-0.15, -0.1) is 0 Å². The van der Waals surface area contributed by atoms with Gasteiger partial charge in [-0.05, 0) is 94.4 Å². The number of aromatic nitrogens is 2. The van der Waals surface area contributed by atoms with E-state index in [1.165, 1.54) is 15.4 Å². The second kappa shape index (κ2) is 11.9. The summed E-state index contributed by atoms with van der Waals surface area (Å²) in [6.07, 6.45) is 1.68. The molecular weight excluding hydrogens is 534 g/mol. The molecular formula is C37H33N3O3. The third-order valence-corrected chi connectivity index (χ3v) is 7.67. The molecule has 1 heterocycles. The van der Waals surface area contributed by atoms with Crippen LogP contribution in [0.3, 0.4) is 0 Å². The van der Waals surface area contributed by atoms with Crippen molar-refractivity contribution in [1.29, 1.82) is 0 Å². The SMILES string of the molecule is COc1cc(C)c(-c2nc3ccccc3c(=O)n2N=Cc2ccc(OCc3cccc4ccccc34)cc2)cc1C(C)C. The van der Waals surface area contributed by atoms with Crippen molar-refractivity contribution in [3.8, 4) is 22.9 Å². The zero-order valence-electron chi connectivity index (χ0n) is 24.7. The van der Waals surface area contributed by atoms with Crippen molar-refractivity contribution in [2.75, 3.05) is 7.11 Å². The Hall–Kier alpha value is -5.23. The van der Waals surface area contributed by atoms with Gasteiger partial charge in [0.05, 0.1) is 24.2 Å². The first-order valence-electron chi connectivity index (χ1n) is 14.4. The molecule has 0 unspecified atom stereocenters. The summed E-state index contributed by atoms with van der Waals surface area (Å²) in [4.78, 5) is 18.6. The van der Waals surface area contributed by atoms with Crippen LogP contribution in [0.1, 0.15) is 42.0 Å². The van der Waals surface area contributed by atoms with Crippen LogP contribution >= 0.6 is 0 Å². The van der Waals surface area contributed by atoms with E-state index in [4.69, 9.17) is 14.5 Å². The molecule has 0 spiro atoms. The second-order valence-electron chi connectivity index (χ2n) is 10.9. The van der Waals surface area contributed by atoms with E-state index in [2.05, 4.69) is 55.3 Å². The van der Waals surface area contributed by atoms with Crippen molar-refractivity contribution in [2.45, 2.75) is 33.3 Å². The van der Waals surface area contributed by atoms with E-state index in [-0.39, 0.29) is 11.5 Å². The Morgan fingerprint density at radius 1 is 0.884 bits per heavy atom. The Bertz CT molecular complexity index is 2020. The van der Waals surface area contributed by atoms with Gasteiger partial charge in [-0.3, -0.25) is 4.79 Å².